The van der Waals surface area contributed by atoms with Crippen LogP contribution in [0.5, 0.6) is 0 Å². The molecule has 0 aromatic heterocycles. The van der Waals surface area contributed by atoms with Crippen LogP contribution in [0.2, 0.25) is 0 Å². The minimum absolute atomic E-state index is 0.0375. The number of esters is 2. The fraction of sp³-hybridized carbons (Fsp3) is 0.967. The maximum Gasteiger partial charge on any atom is 0.472 e. The molecular weight excluding hydrogens is 894 g/mol. The number of carbonyl (C=O) groups excluding carboxylic acids is 2. The third-order valence-electron chi connectivity index (χ3n) is 14.1. The van der Waals surface area contributed by atoms with Crippen molar-refractivity contribution in [2.75, 3.05) is 47.5 Å². The lowest BCUT2D eigenvalue weighted by molar-refractivity contribution is -0.870. The third-order valence-corrected chi connectivity index (χ3v) is 15.1. The van der Waals surface area contributed by atoms with Gasteiger partial charge in [-0.15, -0.1) is 0 Å². The molecule has 0 radical (unpaired) electrons. The smallest absolute Gasteiger partial charge is 0.462 e. The van der Waals surface area contributed by atoms with Crippen LogP contribution in [0.15, 0.2) is 0 Å². The molecule has 0 fully saturated rings. The first kappa shape index (κ1) is 69.0. The quantitative estimate of drug-likeness (QED) is 0.0278. The van der Waals surface area contributed by atoms with Gasteiger partial charge in [-0.3, -0.25) is 18.6 Å². The van der Waals surface area contributed by atoms with E-state index >= 15 is 0 Å². The zero-order valence-corrected chi connectivity index (χ0v) is 48.4. The first-order valence-corrected chi connectivity index (χ1v) is 32.3. The topological polar surface area (TPSA) is 108 Å². The number of hydrogen-bond acceptors (Lipinski definition) is 7. The molecule has 0 rings (SSSR count). The van der Waals surface area contributed by atoms with Crippen molar-refractivity contribution in [2.24, 2.45) is 0 Å². The summed E-state index contributed by atoms with van der Waals surface area (Å²) in [7, 11) is 1.50. The molecular formula is C60H121NO8P+. The molecule has 0 aromatic carbocycles. The van der Waals surface area contributed by atoms with E-state index in [9.17, 15) is 19.0 Å². The highest BCUT2D eigenvalue weighted by Gasteiger charge is 2.27. The molecule has 0 spiro atoms. The highest BCUT2D eigenvalue weighted by Crippen LogP contribution is 2.43. The molecule has 0 aliphatic rings. The summed E-state index contributed by atoms with van der Waals surface area (Å²) in [6.45, 7) is 4.52. The van der Waals surface area contributed by atoms with Gasteiger partial charge in [-0.2, -0.15) is 0 Å². The van der Waals surface area contributed by atoms with Gasteiger partial charge in [0, 0.05) is 12.8 Å². The predicted octanol–water partition coefficient (Wildman–Crippen LogP) is 19.0. The molecule has 2 unspecified atom stereocenters. The summed E-state index contributed by atoms with van der Waals surface area (Å²) in [5.74, 6) is -0.771. The minimum Gasteiger partial charge on any atom is -0.462 e. The highest BCUT2D eigenvalue weighted by molar-refractivity contribution is 7.47. The van der Waals surface area contributed by atoms with E-state index in [1.165, 1.54) is 257 Å². The van der Waals surface area contributed by atoms with Crippen LogP contribution in [0.25, 0.3) is 0 Å². The monoisotopic (exact) mass is 1010 g/mol. The van der Waals surface area contributed by atoms with Gasteiger partial charge in [0.15, 0.2) is 6.10 Å². The standard InChI is InChI=1S/C60H120NO8P/c1-6-8-10-12-14-16-18-20-22-24-26-28-30-32-34-36-38-40-42-44-46-48-50-52-59(62)66-56-58(57-68-70(64,65)67-55-54-61(3,4)5)69-60(63)53-51-49-47-45-43-41-39-37-35-33-31-29-27-25-23-21-19-17-15-13-11-9-7-2/h58H,6-57H2,1-5H3/p+1. The summed E-state index contributed by atoms with van der Waals surface area (Å²) in [5.41, 5.74) is 0. The second kappa shape index (κ2) is 52.9. The number of carbonyl (C=O) groups is 2. The molecule has 9 nitrogen and oxygen atoms in total. The molecule has 2 atom stereocenters. The molecule has 0 aliphatic heterocycles. The van der Waals surface area contributed by atoms with Crippen LogP contribution in [0.4, 0.5) is 0 Å². The number of likely N-dealkylation sites (N-methyl/N-ethyl adjacent to an activating group) is 1. The third kappa shape index (κ3) is 56.3. The Labute approximate surface area is 435 Å². The fourth-order valence-electron chi connectivity index (χ4n) is 9.37. The molecule has 0 heterocycles. The van der Waals surface area contributed by atoms with Gasteiger partial charge < -0.3 is 18.9 Å². The van der Waals surface area contributed by atoms with Crippen LogP contribution in [-0.4, -0.2) is 74.9 Å². The van der Waals surface area contributed by atoms with Crippen molar-refractivity contribution in [1.29, 1.82) is 0 Å². The summed E-state index contributed by atoms with van der Waals surface area (Å²) in [5, 5.41) is 0. The van der Waals surface area contributed by atoms with E-state index in [0.29, 0.717) is 17.4 Å². The van der Waals surface area contributed by atoms with E-state index in [4.69, 9.17) is 18.5 Å². The normalized spacial score (nSPS) is 13.2. The van der Waals surface area contributed by atoms with Crippen molar-refractivity contribution in [1.82, 2.24) is 0 Å². The van der Waals surface area contributed by atoms with Crippen molar-refractivity contribution in [2.45, 2.75) is 328 Å². The number of phosphoric acid groups is 1. The molecule has 0 bridgehead atoms. The molecule has 418 valence electrons. The summed E-state index contributed by atoms with van der Waals surface area (Å²) in [6, 6.07) is 0. The average Bonchev–Trinajstić information content (AvgIpc) is 3.32. The van der Waals surface area contributed by atoms with E-state index in [2.05, 4.69) is 13.8 Å². The van der Waals surface area contributed by atoms with E-state index in [1.807, 2.05) is 21.1 Å². The van der Waals surface area contributed by atoms with Gasteiger partial charge in [0.1, 0.15) is 19.8 Å². The van der Waals surface area contributed by atoms with Crippen molar-refractivity contribution in [3.05, 3.63) is 0 Å². The molecule has 0 aliphatic carbocycles. The number of quaternary nitrogens is 1. The summed E-state index contributed by atoms with van der Waals surface area (Å²) in [4.78, 5) is 35.7. The van der Waals surface area contributed by atoms with E-state index < -0.39 is 26.5 Å². The molecule has 0 amide bonds. The van der Waals surface area contributed by atoms with Crippen LogP contribution < -0.4 is 0 Å². The zero-order valence-electron chi connectivity index (χ0n) is 47.5. The van der Waals surface area contributed by atoms with Gasteiger partial charge in [0.25, 0.3) is 0 Å². The Kier molecular flexibility index (Phi) is 52.1. The number of nitrogens with zero attached hydrogens (tertiary/aromatic N) is 1. The van der Waals surface area contributed by atoms with E-state index in [0.717, 1.165) is 38.5 Å². The second-order valence-corrected chi connectivity index (χ2v) is 23.9. The molecule has 1 N–H and O–H groups in total. The largest absolute Gasteiger partial charge is 0.472 e. The van der Waals surface area contributed by atoms with Crippen molar-refractivity contribution >= 4 is 19.8 Å². The molecule has 0 saturated carbocycles. The SMILES string of the molecule is CCCCCCCCCCCCCCCCCCCCCCCCCC(=O)OCC(COP(=O)(O)OCC[N+](C)(C)C)OC(=O)CCCCCCCCCCCCCCCCCCCCCCCCC. The predicted molar refractivity (Wildman–Crippen MR) is 298 cm³/mol. The summed E-state index contributed by atoms with van der Waals surface area (Å²) in [6.07, 6.45) is 60.4. The van der Waals surface area contributed by atoms with Crippen LogP contribution in [0.3, 0.4) is 0 Å². The summed E-state index contributed by atoms with van der Waals surface area (Å²) < 4.78 is 34.6. The number of ether oxygens (including phenoxy) is 2. The Bertz CT molecular complexity index is 1150. The van der Waals surface area contributed by atoms with E-state index in [1.54, 1.807) is 0 Å². The molecule has 70 heavy (non-hydrogen) atoms. The number of phosphoric ester groups is 1. The maximum atomic E-state index is 12.8. The van der Waals surface area contributed by atoms with Crippen molar-refractivity contribution in [3.8, 4) is 0 Å². The first-order chi connectivity index (χ1) is 34.0. The average molecular weight is 1020 g/mol. The van der Waals surface area contributed by atoms with Crippen molar-refractivity contribution in [3.63, 3.8) is 0 Å². The van der Waals surface area contributed by atoms with Crippen molar-refractivity contribution < 1.29 is 42.1 Å². The zero-order chi connectivity index (χ0) is 51.3. The van der Waals surface area contributed by atoms with Gasteiger partial charge in [0.05, 0.1) is 27.7 Å². The highest BCUT2D eigenvalue weighted by atomic mass is 31.2. The van der Waals surface area contributed by atoms with Gasteiger partial charge in [-0.25, -0.2) is 4.57 Å². The number of rotatable bonds is 58. The molecule has 0 aromatic rings. The van der Waals surface area contributed by atoms with Gasteiger partial charge in [-0.05, 0) is 12.8 Å². The Morgan fingerprint density at radius 3 is 0.914 bits per heavy atom. The van der Waals surface area contributed by atoms with Crippen LogP contribution in [0.1, 0.15) is 322 Å². The second-order valence-electron chi connectivity index (χ2n) is 22.5. The lowest BCUT2D eigenvalue weighted by atomic mass is 10.0. The van der Waals surface area contributed by atoms with Crippen LogP contribution in [0, 0.1) is 0 Å². The number of unbranched alkanes of at least 4 members (excludes halogenated alkanes) is 44. The maximum absolute atomic E-state index is 12.8. The Balaban J connectivity index is 4.07. The lowest BCUT2D eigenvalue weighted by Crippen LogP contribution is -2.37. The van der Waals surface area contributed by atoms with Gasteiger partial charge >= 0.3 is 19.8 Å². The fourth-order valence-corrected chi connectivity index (χ4v) is 10.1. The van der Waals surface area contributed by atoms with Crippen LogP contribution >= 0.6 is 7.82 Å². The Morgan fingerprint density at radius 1 is 0.386 bits per heavy atom. The summed E-state index contributed by atoms with van der Waals surface area (Å²) >= 11 is 0. The Hall–Kier alpha value is -0.990. The van der Waals surface area contributed by atoms with E-state index in [-0.39, 0.29) is 25.6 Å². The molecule has 10 heteroatoms. The van der Waals surface area contributed by atoms with Gasteiger partial charge in [-0.1, -0.05) is 296 Å². The lowest BCUT2D eigenvalue weighted by Gasteiger charge is -2.24. The minimum atomic E-state index is -4.38. The first-order valence-electron chi connectivity index (χ1n) is 30.8. The Morgan fingerprint density at radius 2 is 0.643 bits per heavy atom. The molecule has 0 saturated heterocycles. The van der Waals surface area contributed by atoms with Gasteiger partial charge in [0.2, 0.25) is 0 Å². The number of hydrogen-bond donors (Lipinski definition) is 1. The van der Waals surface area contributed by atoms with Crippen LogP contribution in [-0.2, 0) is 32.7 Å².